The van der Waals surface area contributed by atoms with Crippen LogP contribution >= 0.6 is 0 Å². The molecule has 7 aliphatic rings. The van der Waals surface area contributed by atoms with Crippen molar-refractivity contribution in [2.45, 2.75) is 459 Å². The minimum Gasteiger partial charge on any atom is -0.477 e. The number of amides is 5. The molecule has 0 spiro atoms. The van der Waals surface area contributed by atoms with Gasteiger partial charge in [0.2, 0.25) is 29.5 Å². The molecule has 49 nitrogen and oxygen atoms in total. The Hall–Kier alpha value is -5.37. The molecule has 7 heterocycles. The maximum Gasteiger partial charge on any atom is 0.364 e. The van der Waals surface area contributed by atoms with Gasteiger partial charge < -0.3 is 210 Å². The number of rotatable bonds is 61. The van der Waals surface area contributed by atoms with E-state index in [9.17, 15) is 151 Å². The first-order valence-corrected chi connectivity index (χ1v) is 48.7. The van der Waals surface area contributed by atoms with Crippen molar-refractivity contribution in [3.05, 3.63) is 12.2 Å². The van der Waals surface area contributed by atoms with Crippen LogP contribution < -0.4 is 26.6 Å². The highest BCUT2D eigenvalue weighted by atomic mass is 16.8. The van der Waals surface area contributed by atoms with Gasteiger partial charge in [-0.3, -0.25) is 24.0 Å². The zero-order chi connectivity index (χ0) is 103. The number of carboxylic acids is 2. The molecule has 0 saturated carbocycles. The number of aliphatic hydroxyl groups excluding tert-OH is 21. The normalized spacial score (nSPS) is 36.4. The molecule has 0 aromatic carbocycles. The number of hydrogen-bond acceptors (Lipinski definition) is 42. The van der Waals surface area contributed by atoms with Gasteiger partial charge in [-0.15, -0.1) is 0 Å². The summed E-state index contributed by atoms with van der Waals surface area (Å²) in [5, 5.41) is 275. The molecule has 39 atom stereocenters. The highest BCUT2D eigenvalue weighted by Crippen LogP contribution is 2.44. The van der Waals surface area contributed by atoms with Crippen LogP contribution in [0, 0.1) is 0 Å². The Balaban J connectivity index is 1.24. The van der Waals surface area contributed by atoms with Crippen molar-refractivity contribution in [2.24, 2.45) is 0 Å². The Morgan fingerprint density at radius 1 is 0.374 bits per heavy atom. The van der Waals surface area contributed by atoms with Gasteiger partial charge >= 0.3 is 11.9 Å². The van der Waals surface area contributed by atoms with Crippen molar-refractivity contribution in [1.29, 1.82) is 0 Å². The molecule has 28 N–H and O–H groups in total. The van der Waals surface area contributed by atoms with Gasteiger partial charge in [-0.25, -0.2) is 9.59 Å². The number of aliphatic carboxylic acids is 2. The van der Waals surface area contributed by atoms with Crippen LogP contribution in [0.1, 0.15) is 221 Å². The van der Waals surface area contributed by atoms with Crippen LogP contribution in [0.15, 0.2) is 12.2 Å². The lowest BCUT2D eigenvalue weighted by atomic mass is 9.88. The Bertz CT molecular complexity index is 3640. The molecule has 7 aliphatic heterocycles. The second-order valence-electron chi connectivity index (χ2n) is 37.1. The molecule has 0 aromatic heterocycles. The fraction of sp³-hybridized carbons (Fsp3) is 0.900. The first-order valence-electron chi connectivity index (χ1n) is 48.7. The van der Waals surface area contributed by atoms with Crippen molar-refractivity contribution in [3.8, 4) is 0 Å². The van der Waals surface area contributed by atoms with Crippen LogP contribution in [-0.4, -0.2) is 450 Å². The highest BCUT2D eigenvalue weighted by Gasteiger charge is 2.65. The fourth-order valence-corrected chi connectivity index (χ4v) is 18.4. The van der Waals surface area contributed by atoms with E-state index in [-0.39, 0.29) is 6.42 Å². The van der Waals surface area contributed by atoms with E-state index in [0.29, 0.717) is 12.8 Å². The highest BCUT2D eigenvalue weighted by molar-refractivity contribution is 5.78. The van der Waals surface area contributed by atoms with Crippen molar-refractivity contribution in [1.82, 2.24) is 26.6 Å². The van der Waals surface area contributed by atoms with Crippen molar-refractivity contribution < 1.29 is 217 Å². The third-order valence-corrected chi connectivity index (χ3v) is 26.1. The van der Waals surface area contributed by atoms with Gasteiger partial charge in [0, 0.05) is 47.0 Å². The number of aliphatic hydroxyl groups is 21. The summed E-state index contributed by atoms with van der Waals surface area (Å²) in [6.07, 6.45) is -46.2. The number of carboxylic acid groups (broad SMARTS) is 2. The summed E-state index contributed by atoms with van der Waals surface area (Å²) in [6.45, 7) is -1.59. The van der Waals surface area contributed by atoms with E-state index in [0.717, 1.165) is 98.3 Å². The van der Waals surface area contributed by atoms with Crippen LogP contribution in [0.4, 0.5) is 0 Å². The zero-order valence-corrected chi connectivity index (χ0v) is 79.8. The summed E-state index contributed by atoms with van der Waals surface area (Å²) in [5.74, 6) is -16.0. The fourth-order valence-electron chi connectivity index (χ4n) is 18.4. The molecule has 5 amide bonds. The molecule has 139 heavy (non-hydrogen) atoms. The zero-order valence-electron chi connectivity index (χ0n) is 79.8. The summed E-state index contributed by atoms with van der Waals surface area (Å²) in [6, 6.07) is -9.17. The summed E-state index contributed by atoms with van der Waals surface area (Å²) in [4.78, 5) is 93.8. The van der Waals surface area contributed by atoms with Gasteiger partial charge in [0.15, 0.2) is 31.5 Å². The maximum absolute atomic E-state index is 14.2. The number of carbonyl (C=O) groups is 7. The number of allylic oxidation sites excluding steroid dienone is 1. The second kappa shape index (κ2) is 60.0. The summed E-state index contributed by atoms with van der Waals surface area (Å²) >= 11 is 0. The number of unbranched alkanes of at least 4 members (excludes halogenated alkanes) is 23. The van der Waals surface area contributed by atoms with Gasteiger partial charge in [-0.1, -0.05) is 167 Å². The van der Waals surface area contributed by atoms with E-state index < -0.39 is 345 Å². The first-order chi connectivity index (χ1) is 66.2. The second-order valence-corrected chi connectivity index (χ2v) is 37.1. The average molecular weight is 2010 g/mol. The predicted octanol–water partition coefficient (Wildman–Crippen LogP) is -6.68. The molecule has 0 bridgehead atoms. The quantitative estimate of drug-likeness (QED) is 0.0199. The summed E-state index contributed by atoms with van der Waals surface area (Å²) in [5.41, 5.74) is 0. The number of ether oxygens (including phenoxy) is 14. The van der Waals surface area contributed by atoms with Crippen LogP contribution in [0.25, 0.3) is 0 Å². The van der Waals surface area contributed by atoms with E-state index in [1.54, 1.807) is 6.08 Å². The number of hydrogen-bond donors (Lipinski definition) is 28. The van der Waals surface area contributed by atoms with Crippen molar-refractivity contribution in [2.75, 3.05) is 52.9 Å². The molecular weight excluding hydrogens is 1850 g/mol. The number of nitrogens with one attached hydrogen (secondary N) is 5. The van der Waals surface area contributed by atoms with Crippen LogP contribution in [0.2, 0.25) is 0 Å². The molecular formula is C90H157N5O44. The SMILES string of the molecule is CCCCCCCCCCCCC/C=C/[C@@H](O)[C@H](CO[C@@H]1OC(CO)[C@@H](O[C@@H]2OC(CO)[C@H](O[C@@H]3OC(CO)[C@H](O)[C@H](O[C@@H]4OC(CO)[C@H](O[C@@H]5OC(CO)[C@H](O)[C@H](O)C5NC(C)=O)[C@H](O[C@]5(C(=O)O)CC(O)[C@@H](NC(C)=O)C([C@H](O)[C@H](O)CO)O5)C4O)C3NC(C)=O)[C@H](O[C@]3(C(=O)O)CC(O)[C@@H](NC(C)=O)C([C@H](O)[C@H](O)CO)O3)C2O)[C@H](O)C1O)NC(=O)CCCCCCCCCCCCCCC. The van der Waals surface area contributed by atoms with E-state index in [1.807, 2.05) is 0 Å². The largest absolute Gasteiger partial charge is 0.477 e. The minimum atomic E-state index is -3.56. The van der Waals surface area contributed by atoms with E-state index >= 15 is 0 Å². The molecule has 0 aliphatic carbocycles. The van der Waals surface area contributed by atoms with Gasteiger partial charge in [0.05, 0.1) is 89.3 Å². The molecule has 0 aromatic rings. The van der Waals surface area contributed by atoms with Crippen LogP contribution in [0.3, 0.4) is 0 Å². The van der Waals surface area contributed by atoms with Crippen LogP contribution in [0.5, 0.6) is 0 Å². The number of carbonyl (C=O) groups excluding carboxylic acids is 5. The minimum absolute atomic E-state index is 0.0736. The molecule has 7 rings (SSSR count). The molecule has 14 unspecified atom stereocenters. The molecule has 7 fully saturated rings. The average Bonchev–Trinajstić information content (AvgIpc) is 0.745. The van der Waals surface area contributed by atoms with Gasteiger partial charge in [0.25, 0.3) is 11.6 Å². The monoisotopic (exact) mass is 2010 g/mol. The Kier molecular flexibility index (Phi) is 52.1. The maximum atomic E-state index is 14.2. The molecule has 0 radical (unpaired) electrons. The van der Waals surface area contributed by atoms with Crippen molar-refractivity contribution >= 4 is 41.5 Å². The molecule has 49 heteroatoms. The van der Waals surface area contributed by atoms with E-state index in [4.69, 9.17) is 66.3 Å². The first kappa shape index (κ1) is 121. The van der Waals surface area contributed by atoms with Gasteiger partial charge in [-0.05, 0) is 19.3 Å². The lowest BCUT2D eigenvalue weighted by molar-refractivity contribution is -0.408. The lowest BCUT2D eigenvalue weighted by Gasteiger charge is -2.53. The van der Waals surface area contributed by atoms with Crippen LogP contribution in [-0.2, 0) is 99.9 Å². The molecule has 7 saturated heterocycles. The predicted molar refractivity (Wildman–Crippen MR) is 475 cm³/mol. The molecule has 806 valence electrons. The Labute approximate surface area is 806 Å². The summed E-state index contributed by atoms with van der Waals surface area (Å²) in [7, 11) is 0. The topological polar surface area (TPSA) is 774 Å². The Morgan fingerprint density at radius 2 is 0.719 bits per heavy atom. The lowest BCUT2D eigenvalue weighted by Crippen LogP contribution is -2.73. The third kappa shape index (κ3) is 34.1. The smallest absolute Gasteiger partial charge is 0.364 e. The van der Waals surface area contributed by atoms with E-state index in [2.05, 4.69) is 40.4 Å². The van der Waals surface area contributed by atoms with Crippen molar-refractivity contribution in [3.63, 3.8) is 0 Å². The van der Waals surface area contributed by atoms with Gasteiger partial charge in [-0.2, -0.15) is 0 Å². The Morgan fingerprint density at radius 3 is 1.12 bits per heavy atom. The third-order valence-electron chi connectivity index (χ3n) is 26.1. The van der Waals surface area contributed by atoms with E-state index in [1.165, 1.54) is 83.1 Å². The standard InChI is InChI=1S/C90H157N5O44/c1-7-9-11-13-15-17-19-21-23-25-27-29-31-33-50(107)49(95-60(112)34-32-30-28-26-24-22-20-18-16-14-12-10-8-2)44-126-84-71(119)70(118)74(57(41-100)129-84)132-85-72(120)80(138-89(87(122)123)35-51(108)61(91-45(3)103)78(136-89)65(113)53(110)37-96)76(59(43-102)130-85)134-83-64(94-48(6)106)77(68(116)56(40-99)128-83)135-86-73(121)81(75(58(42-101)131-86)133-82-63(93-47(5)105)69(117)67(115)55(39-98)127-82)139-90(88(124)125)36-52(109)62(92-46(4)104)79(137-90)66(114)54(111)38-97/h31,33,49-59,61-86,96-102,107-111,113-121H,7-30,32,34-44H2,1-6H3,(H,91,103)(H,92,104)(H,93,105)(H,94,106)(H,95,112)(H,122,123)(H,124,125)/b33-31+/t49-,50+,51?,52?,53+,54+,55?,56?,57?,58?,59?,61+,62+,63?,64?,65+,66+,67-,68-,69+,70+,71?,72?,73?,74+,75-,76-,77+,78?,79?,80+,81+,82-,83-,84+,85-,86-,89-,90-/m0/s1. The van der Waals surface area contributed by atoms with Gasteiger partial charge in [0.1, 0.15) is 159 Å². The summed E-state index contributed by atoms with van der Waals surface area (Å²) < 4.78 is 85.8.